The van der Waals surface area contributed by atoms with E-state index in [0.29, 0.717) is 0 Å². The van der Waals surface area contributed by atoms with Crippen molar-refractivity contribution in [2.24, 2.45) is 0 Å². The van der Waals surface area contributed by atoms with Crippen LogP contribution in [0.5, 0.6) is 23.0 Å². The summed E-state index contributed by atoms with van der Waals surface area (Å²) in [7, 11) is 0. The summed E-state index contributed by atoms with van der Waals surface area (Å²) in [6.45, 7) is 1.14. The Morgan fingerprint density at radius 3 is 1.83 bits per heavy atom. The zero-order valence-corrected chi connectivity index (χ0v) is 33.3. The summed E-state index contributed by atoms with van der Waals surface area (Å²) in [6, 6.07) is 6.97. The maximum absolute atomic E-state index is 14.3. The average molecular weight is 903 g/mol. The van der Waals surface area contributed by atoms with Gasteiger partial charge in [0, 0.05) is 17.7 Å². The molecule has 0 saturated carbocycles. The van der Waals surface area contributed by atoms with Crippen LogP contribution in [0.1, 0.15) is 13.8 Å². The fraction of sp³-hybridized carbons (Fsp3) is 0.615. The number of benzene rings is 2. The highest BCUT2D eigenvalue weighted by molar-refractivity contribution is 5.88. The summed E-state index contributed by atoms with van der Waals surface area (Å²) in [5.74, 6) is -2.53. The van der Waals surface area contributed by atoms with Crippen molar-refractivity contribution in [3.05, 3.63) is 46.6 Å². The molecule has 0 spiro atoms. The van der Waals surface area contributed by atoms with Crippen LogP contribution in [0, 0.1) is 0 Å². The standard InChI is InChI=1S/C39H50O24/c1-11-21(44)26(49)29(52)36(56-11)55-10-19-24(47)28(51)35(63-38-31(54)33(22(45)12(2)57-38)61-37-30(53)27(50)23(46)18(9-40)59-37)39(60-19)62-34-25(48)20-16(43)7-15(42)8-17(20)58-32(34)13-3-5-14(41)6-4-13/h3-8,11-12,18-19,21-24,26-31,33,35-47,49-54H,9-10H2,1-2H3/t11?,12?,18?,19?,21-,22-,23+,24-,26?,27-,28-,29-,30?,31-,33?,35?,36+,37-,38-,39-/m0/s1. The van der Waals surface area contributed by atoms with Crippen molar-refractivity contribution >= 4 is 11.0 Å². The van der Waals surface area contributed by atoms with Crippen molar-refractivity contribution in [2.45, 2.75) is 137 Å². The predicted molar refractivity (Wildman–Crippen MR) is 202 cm³/mol. The van der Waals surface area contributed by atoms with Crippen molar-refractivity contribution in [1.29, 1.82) is 0 Å². The van der Waals surface area contributed by atoms with E-state index in [9.17, 15) is 76.3 Å². The largest absolute Gasteiger partial charge is 0.508 e. The first-order valence-electron chi connectivity index (χ1n) is 19.8. The molecule has 3 aromatic rings. The van der Waals surface area contributed by atoms with Crippen LogP contribution in [-0.2, 0) is 33.2 Å². The third kappa shape index (κ3) is 9.19. The maximum Gasteiger partial charge on any atom is 0.239 e. The van der Waals surface area contributed by atoms with E-state index in [1.165, 1.54) is 38.1 Å². The molecule has 14 N–H and O–H groups in total. The number of ether oxygens (including phenoxy) is 8. The Bertz CT molecular complexity index is 2080. The van der Waals surface area contributed by atoms with E-state index in [1.54, 1.807) is 0 Å². The Kier molecular flexibility index (Phi) is 14.1. The molecule has 4 aliphatic rings. The number of phenols is 3. The van der Waals surface area contributed by atoms with Gasteiger partial charge in [-0.3, -0.25) is 4.79 Å². The van der Waals surface area contributed by atoms with E-state index in [1.807, 2.05) is 0 Å². The molecule has 24 nitrogen and oxygen atoms in total. The van der Waals surface area contributed by atoms with E-state index in [4.69, 9.17) is 42.3 Å². The number of aliphatic hydroxyl groups is 11. The molecule has 1 aromatic heterocycles. The Morgan fingerprint density at radius 2 is 1.14 bits per heavy atom. The van der Waals surface area contributed by atoms with Gasteiger partial charge in [-0.15, -0.1) is 0 Å². The monoisotopic (exact) mass is 902 g/mol. The molecule has 63 heavy (non-hydrogen) atoms. The smallest absolute Gasteiger partial charge is 0.239 e. The molecule has 350 valence electrons. The lowest BCUT2D eigenvalue weighted by atomic mass is 9.96. The van der Waals surface area contributed by atoms with Gasteiger partial charge >= 0.3 is 0 Å². The van der Waals surface area contributed by atoms with Crippen molar-refractivity contribution < 1.29 is 114 Å². The molecule has 5 heterocycles. The van der Waals surface area contributed by atoms with Gasteiger partial charge in [-0.05, 0) is 38.1 Å². The van der Waals surface area contributed by atoms with Gasteiger partial charge in [-0.2, -0.15) is 0 Å². The van der Waals surface area contributed by atoms with Crippen LogP contribution >= 0.6 is 0 Å². The van der Waals surface area contributed by atoms with Crippen LogP contribution in [-0.4, -0.2) is 208 Å². The third-order valence-corrected chi connectivity index (χ3v) is 11.4. The second-order valence-electron chi connectivity index (χ2n) is 15.7. The lowest BCUT2D eigenvalue weighted by Gasteiger charge is -2.48. The van der Waals surface area contributed by atoms with Crippen LogP contribution in [0.15, 0.2) is 45.6 Å². The fourth-order valence-corrected chi connectivity index (χ4v) is 7.68. The molecule has 7 rings (SSSR count). The molecule has 20 atom stereocenters. The maximum atomic E-state index is 14.3. The van der Waals surface area contributed by atoms with Crippen LogP contribution in [0.25, 0.3) is 22.3 Å². The molecule has 8 unspecified atom stereocenters. The Hall–Kier alpha value is -3.87. The molecule has 4 fully saturated rings. The molecule has 0 aliphatic carbocycles. The van der Waals surface area contributed by atoms with Crippen molar-refractivity contribution in [3.63, 3.8) is 0 Å². The highest BCUT2D eigenvalue weighted by Crippen LogP contribution is 2.39. The van der Waals surface area contributed by atoms with Gasteiger partial charge in [0.25, 0.3) is 0 Å². The minimum Gasteiger partial charge on any atom is -0.508 e. The van der Waals surface area contributed by atoms with E-state index in [0.717, 1.165) is 12.1 Å². The van der Waals surface area contributed by atoms with Crippen molar-refractivity contribution in [2.75, 3.05) is 13.2 Å². The Morgan fingerprint density at radius 1 is 0.571 bits per heavy atom. The number of fused-ring (bicyclic) bond motifs is 1. The van der Waals surface area contributed by atoms with Gasteiger partial charge < -0.3 is 114 Å². The quantitative estimate of drug-likeness (QED) is 0.0859. The summed E-state index contributed by atoms with van der Waals surface area (Å²) in [5.41, 5.74) is -1.32. The third-order valence-electron chi connectivity index (χ3n) is 11.4. The van der Waals surface area contributed by atoms with Crippen molar-refractivity contribution in [1.82, 2.24) is 0 Å². The van der Waals surface area contributed by atoms with Crippen LogP contribution < -0.4 is 10.2 Å². The zero-order chi connectivity index (χ0) is 45.8. The first kappa shape index (κ1) is 47.1. The van der Waals surface area contributed by atoms with E-state index < -0.39 is 164 Å². The van der Waals surface area contributed by atoms with Gasteiger partial charge in [-0.25, -0.2) is 0 Å². The molecule has 2 aromatic carbocycles. The van der Waals surface area contributed by atoms with Gasteiger partial charge in [0.2, 0.25) is 17.5 Å². The number of hydrogen-bond acceptors (Lipinski definition) is 24. The highest BCUT2D eigenvalue weighted by atomic mass is 16.8. The summed E-state index contributed by atoms with van der Waals surface area (Å²) in [6.07, 6.45) is -35.2. The zero-order valence-electron chi connectivity index (χ0n) is 33.3. The number of rotatable bonds is 11. The fourth-order valence-electron chi connectivity index (χ4n) is 7.68. The van der Waals surface area contributed by atoms with E-state index >= 15 is 0 Å². The summed E-state index contributed by atoms with van der Waals surface area (Å²) >= 11 is 0. The van der Waals surface area contributed by atoms with E-state index in [-0.39, 0.29) is 22.7 Å². The Labute approximate surface area is 355 Å². The normalized spacial score (nSPS) is 41.1. The van der Waals surface area contributed by atoms with Gasteiger partial charge in [0.05, 0.1) is 25.4 Å². The predicted octanol–water partition coefficient (Wildman–Crippen LogP) is -4.72. The lowest BCUT2D eigenvalue weighted by molar-refractivity contribution is -0.379. The van der Waals surface area contributed by atoms with Gasteiger partial charge in [0.1, 0.15) is 108 Å². The second-order valence-corrected chi connectivity index (χ2v) is 15.7. The first-order valence-corrected chi connectivity index (χ1v) is 19.8. The van der Waals surface area contributed by atoms with Gasteiger partial charge in [0.15, 0.2) is 30.7 Å². The molecule has 4 saturated heterocycles. The minimum absolute atomic E-state index is 0.0821. The van der Waals surface area contributed by atoms with E-state index in [2.05, 4.69) is 0 Å². The molecule has 0 amide bonds. The van der Waals surface area contributed by atoms with Gasteiger partial charge in [-0.1, -0.05) is 0 Å². The lowest BCUT2D eigenvalue weighted by Crippen LogP contribution is -2.66. The number of aromatic hydroxyl groups is 3. The van der Waals surface area contributed by atoms with Crippen molar-refractivity contribution in [3.8, 4) is 34.3 Å². The number of hydrogen-bond donors (Lipinski definition) is 14. The van der Waals surface area contributed by atoms with Crippen LogP contribution in [0.2, 0.25) is 0 Å². The molecular weight excluding hydrogens is 852 g/mol. The van der Waals surface area contributed by atoms with Crippen LogP contribution in [0.3, 0.4) is 0 Å². The average Bonchev–Trinajstić information content (AvgIpc) is 3.24. The minimum atomic E-state index is -2.13. The molecule has 0 radical (unpaired) electrons. The second kappa shape index (κ2) is 18.9. The number of phenolic OH excluding ortho intramolecular Hbond substituents is 3. The van der Waals surface area contributed by atoms with Crippen LogP contribution in [0.4, 0.5) is 0 Å². The first-order chi connectivity index (χ1) is 29.8. The number of aliphatic hydroxyl groups excluding tert-OH is 11. The molecule has 24 heteroatoms. The summed E-state index contributed by atoms with van der Waals surface area (Å²) < 4.78 is 52.0. The SMILES string of the molecule is CC1O[C@@H](OCC2O[C@@H](Oc3c(-c4ccc(O)cc4)oc4cc(O)cc(O)c4c3=O)C(O[C@@H]3OC(C)[C@H](O)C(O[C@@H]4OC(CO)[C@@H](O)[C@H](O)C4O)[C@@H]3O)[C@@H](O)[C@H]2O)[C@@H](O)C(O)[C@H]1O. The molecule has 0 bridgehead atoms. The summed E-state index contributed by atoms with van der Waals surface area (Å²) in [5, 5.41) is 148. The summed E-state index contributed by atoms with van der Waals surface area (Å²) in [4.78, 5) is 14.3. The topological polar surface area (TPSA) is 387 Å². The Balaban J connectivity index is 1.23. The molecule has 4 aliphatic heterocycles. The molecular formula is C39H50O24. The highest BCUT2D eigenvalue weighted by Gasteiger charge is 2.54.